The van der Waals surface area contributed by atoms with Crippen molar-refractivity contribution in [3.8, 4) is 5.75 Å². The zero-order valence-electron chi connectivity index (χ0n) is 14.3. The zero-order valence-corrected chi connectivity index (χ0v) is 14.3. The number of para-hydroxylation sites is 1. The standard InChI is InChI=1S/C18H28O.C2H4O/c1-3-5-6-7-8-9-10-13-16(4-2)17-14-11-12-15-18(17)19;1-2-3-1/h4,11-12,14-15,19H,3,5-10,13H2,1-2H3;1-2H2/b16-4-;. The van der Waals surface area contributed by atoms with Gasteiger partial charge in [-0.05, 0) is 31.4 Å². The van der Waals surface area contributed by atoms with E-state index in [1.807, 2.05) is 18.2 Å². The molecule has 1 fully saturated rings. The molecule has 2 nitrogen and oxygen atoms in total. The van der Waals surface area contributed by atoms with E-state index >= 15 is 0 Å². The zero-order chi connectivity index (χ0) is 16.0. The van der Waals surface area contributed by atoms with Gasteiger partial charge < -0.3 is 9.84 Å². The van der Waals surface area contributed by atoms with Crippen LogP contribution in [0.3, 0.4) is 0 Å². The summed E-state index contributed by atoms with van der Waals surface area (Å²) in [7, 11) is 0. The summed E-state index contributed by atoms with van der Waals surface area (Å²) in [6.45, 7) is 6.31. The number of hydrogen-bond acceptors (Lipinski definition) is 2. The molecule has 1 aromatic rings. The van der Waals surface area contributed by atoms with Crippen LogP contribution in [-0.4, -0.2) is 18.3 Å². The monoisotopic (exact) mass is 304 g/mol. The van der Waals surface area contributed by atoms with Crippen molar-refractivity contribution >= 4 is 5.57 Å². The van der Waals surface area contributed by atoms with Gasteiger partial charge in [-0.2, -0.15) is 0 Å². The van der Waals surface area contributed by atoms with E-state index in [9.17, 15) is 5.11 Å². The third-order valence-corrected chi connectivity index (χ3v) is 3.85. The lowest BCUT2D eigenvalue weighted by molar-refractivity contribution is 0.473. The largest absolute Gasteiger partial charge is 0.507 e. The Morgan fingerprint density at radius 3 is 2.18 bits per heavy atom. The van der Waals surface area contributed by atoms with E-state index in [0.717, 1.165) is 25.2 Å². The Morgan fingerprint density at radius 2 is 1.64 bits per heavy atom. The number of epoxide rings is 1. The fourth-order valence-electron chi connectivity index (χ4n) is 2.45. The molecule has 2 rings (SSSR count). The van der Waals surface area contributed by atoms with Gasteiger partial charge in [0, 0.05) is 5.56 Å². The highest BCUT2D eigenvalue weighted by Crippen LogP contribution is 2.28. The second kappa shape index (κ2) is 12.3. The topological polar surface area (TPSA) is 32.8 Å². The molecule has 124 valence electrons. The second-order valence-corrected chi connectivity index (χ2v) is 5.81. The molecule has 0 unspecified atom stereocenters. The van der Waals surface area contributed by atoms with E-state index in [0.29, 0.717) is 5.75 Å². The summed E-state index contributed by atoms with van der Waals surface area (Å²) < 4.78 is 4.50. The van der Waals surface area contributed by atoms with Gasteiger partial charge in [0.15, 0.2) is 0 Å². The highest BCUT2D eigenvalue weighted by atomic mass is 16.6. The van der Waals surface area contributed by atoms with E-state index in [-0.39, 0.29) is 0 Å². The van der Waals surface area contributed by atoms with Crippen molar-refractivity contribution in [2.75, 3.05) is 13.2 Å². The molecule has 0 spiro atoms. The molecule has 1 N–H and O–H groups in total. The van der Waals surface area contributed by atoms with E-state index in [2.05, 4.69) is 24.7 Å². The minimum absolute atomic E-state index is 0.401. The molecular formula is C20H32O2. The maximum Gasteiger partial charge on any atom is 0.123 e. The molecule has 1 aliphatic rings. The van der Waals surface area contributed by atoms with Gasteiger partial charge in [0.05, 0.1) is 13.2 Å². The van der Waals surface area contributed by atoms with Gasteiger partial charge in [-0.3, -0.25) is 0 Å². The van der Waals surface area contributed by atoms with Crippen LogP contribution in [0.4, 0.5) is 0 Å². The normalized spacial score (nSPS) is 13.5. The predicted molar refractivity (Wildman–Crippen MR) is 95.2 cm³/mol. The molecule has 1 saturated heterocycles. The van der Waals surface area contributed by atoms with Gasteiger partial charge in [0.25, 0.3) is 0 Å². The van der Waals surface area contributed by atoms with Crippen LogP contribution < -0.4 is 0 Å². The fourth-order valence-corrected chi connectivity index (χ4v) is 2.45. The molecule has 22 heavy (non-hydrogen) atoms. The maximum atomic E-state index is 9.87. The van der Waals surface area contributed by atoms with Crippen LogP contribution >= 0.6 is 0 Å². The van der Waals surface area contributed by atoms with E-state index in [1.54, 1.807) is 6.07 Å². The van der Waals surface area contributed by atoms with Crippen molar-refractivity contribution in [1.82, 2.24) is 0 Å². The average Bonchev–Trinajstić information content (AvgIpc) is 3.40. The van der Waals surface area contributed by atoms with Crippen molar-refractivity contribution in [3.63, 3.8) is 0 Å². The SMILES string of the molecule is C/C=C(/CCCCCCCCC)c1ccccc1O.C1CO1. The van der Waals surface area contributed by atoms with Crippen LogP contribution in [-0.2, 0) is 4.74 Å². The van der Waals surface area contributed by atoms with Crippen LogP contribution in [0.25, 0.3) is 5.57 Å². The first-order chi connectivity index (χ1) is 10.8. The van der Waals surface area contributed by atoms with Crippen LogP contribution in [0, 0.1) is 0 Å². The summed E-state index contributed by atoms with van der Waals surface area (Å²) in [5.74, 6) is 0.401. The van der Waals surface area contributed by atoms with Gasteiger partial charge in [-0.25, -0.2) is 0 Å². The number of benzene rings is 1. The number of phenolic OH excluding ortho intramolecular Hbond substituents is 1. The van der Waals surface area contributed by atoms with Gasteiger partial charge in [-0.15, -0.1) is 0 Å². The number of rotatable bonds is 9. The third-order valence-electron chi connectivity index (χ3n) is 3.85. The van der Waals surface area contributed by atoms with Crippen molar-refractivity contribution in [2.24, 2.45) is 0 Å². The van der Waals surface area contributed by atoms with Gasteiger partial charge in [0.1, 0.15) is 5.75 Å². The van der Waals surface area contributed by atoms with Crippen LogP contribution in [0.15, 0.2) is 30.3 Å². The van der Waals surface area contributed by atoms with Gasteiger partial charge in [-0.1, -0.05) is 69.7 Å². The number of ether oxygens (including phenoxy) is 1. The van der Waals surface area contributed by atoms with Crippen molar-refractivity contribution < 1.29 is 9.84 Å². The van der Waals surface area contributed by atoms with Crippen molar-refractivity contribution in [1.29, 1.82) is 0 Å². The highest BCUT2D eigenvalue weighted by Gasteiger charge is 2.05. The number of allylic oxidation sites excluding steroid dienone is 2. The molecule has 0 aromatic heterocycles. The number of aromatic hydroxyl groups is 1. The average molecular weight is 304 g/mol. The van der Waals surface area contributed by atoms with Crippen molar-refractivity contribution in [2.45, 2.75) is 65.2 Å². The van der Waals surface area contributed by atoms with Gasteiger partial charge >= 0.3 is 0 Å². The van der Waals surface area contributed by atoms with Gasteiger partial charge in [0.2, 0.25) is 0 Å². The summed E-state index contributed by atoms with van der Waals surface area (Å²) in [6.07, 6.45) is 12.5. The van der Waals surface area contributed by atoms with E-state index in [1.165, 1.54) is 50.5 Å². The smallest absolute Gasteiger partial charge is 0.123 e. The molecule has 1 heterocycles. The molecule has 0 saturated carbocycles. The first kappa shape index (κ1) is 18.8. The molecule has 1 aromatic carbocycles. The Hall–Kier alpha value is -1.28. The fraction of sp³-hybridized carbons (Fsp3) is 0.600. The molecule has 2 heteroatoms. The lowest BCUT2D eigenvalue weighted by Crippen LogP contribution is -1.87. The summed E-state index contributed by atoms with van der Waals surface area (Å²) in [4.78, 5) is 0. The first-order valence-electron chi connectivity index (χ1n) is 8.80. The molecule has 0 bridgehead atoms. The Morgan fingerprint density at radius 1 is 1.05 bits per heavy atom. The summed E-state index contributed by atoms with van der Waals surface area (Å²) >= 11 is 0. The predicted octanol–water partition coefficient (Wildman–Crippen LogP) is 5.95. The van der Waals surface area contributed by atoms with Crippen molar-refractivity contribution in [3.05, 3.63) is 35.9 Å². The molecule has 0 radical (unpaired) electrons. The first-order valence-corrected chi connectivity index (χ1v) is 8.80. The van der Waals surface area contributed by atoms with Crippen LogP contribution in [0.1, 0.15) is 70.8 Å². The maximum absolute atomic E-state index is 9.87. The van der Waals surface area contributed by atoms with Crippen LogP contribution in [0.5, 0.6) is 5.75 Å². The Bertz CT molecular complexity index is 419. The summed E-state index contributed by atoms with van der Waals surface area (Å²) in [6, 6.07) is 7.64. The molecule has 0 atom stereocenters. The minimum Gasteiger partial charge on any atom is -0.507 e. The lowest BCUT2D eigenvalue weighted by atomic mass is 9.98. The van der Waals surface area contributed by atoms with E-state index in [4.69, 9.17) is 0 Å². The summed E-state index contributed by atoms with van der Waals surface area (Å²) in [5, 5.41) is 9.87. The molecule has 1 aliphatic heterocycles. The Labute approximate surface area is 136 Å². The minimum atomic E-state index is 0.401. The highest BCUT2D eigenvalue weighted by molar-refractivity contribution is 5.69. The Balaban J connectivity index is 0.000000714. The number of phenols is 1. The quantitative estimate of drug-likeness (QED) is 0.451. The third kappa shape index (κ3) is 8.89. The van der Waals surface area contributed by atoms with Crippen LogP contribution in [0.2, 0.25) is 0 Å². The number of hydrogen-bond donors (Lipinski definition) is 1. The molecular weight excluding hydrogens is 272 g/mol. The second-order valence-electron chi connectivity index (χ2n) is 5.81. The molecule has 0 aliphatic carbocycles. The lowest BCUT2D eigenvalue weighted by Gasteiger charge is -2.09. The Kier molecular flexibility index (Phi) is 10.5. The molecule has 0 amide bonds. The van der Waals surface area contributed by atoms with E-state index < -0.39 is 0 Å². The number of unbranched alkanes of at least 4 members (excludes halogenated alkanes) is 6. The summed E-state index contributed by atoms with van der Waals surface area (Å²) in [5.41, 5.74) is 2.27.